The van der Waals surface area contributed by atoms with E-state index in [9.17, 15) is 4.39 Å². The van der Waals surface area contributed by atoms with E-state index in [2.05, 4.69) is 5.16 Å². The van der Waals surface area contributed by atoms with Crippen molar-refractivity contribution in [2.24, 2.45) is 10.9 Å². The topological polar surface area (TPSA) is 61.9 Å². The molecule has 2 aromatic carbocycles. The summed E-state index contributed by atoms with van der Waals surface area (Å²) in [5, 5.41) is 11.9. The van der Waals surface area contributed by atoms with E-state index in [-0.39, 0.29) is 11.7 Å². The number of fused-ring (bicyclic) bond motifs is 1. The molecule has 0 bridgehead atoms. The SMILES string of the molecule is N/C(=N/O)c1ccccc1N1CCc2ccc(F)cc21. The van der Waals surface area contributed by atoms with Crippen molar-refractivity contribution < 1.29 is 9.60 Å². The molecular formula is C15H14FN3O. The van der Waals surface area contributed by atoms with Gasteiger partial charge in [-0.3, -0.25) is 0 Å². The Morgan fingerprint density at radius 1 is 1.20 bits per heavy atom. The molecule has 1 heterocycles. The van der Waals surface area contributed by atoms with Crippen molar-refractivity contribution in [3.63, 3.8) is 0 Å². The summed E-state index contributed by atoms with van der Waals surface area (Å²) in [6, 6.07) is 12.1. The first-order valence-corrected chi connectivity index (χ1v) is 6.33. The first-order valence-electron chi connectivity index (χ1n) is 6.33. The lowest BCUT2D eigenvalue weighted by Gasteiger charge is -2.22. The monoisotopic (exact) mass is 271 g/mol. The number of halogens is 1. The van der Waals surface area contributed by atoms with Crippen molar-refractivity contribution >= 4 is 17.2 Å². The van der Waals surface area contributed by atoms with Crippen LogP contribution in [0.3, 0.4) is 0 Å². The summed E-state index contributed by atoms with van der Waals surface area (Å²) in [4.78, 5) is 1.99. The molecular weight excluding hydrogens is 257 g/mol. The van der Waals surface area contributed by atoms with E-state index >= 15 is 0 Å². The molecule has 0 atom stereocenters. The second-order valence-corrected chi connectivity index (χ2v) is 4.68. The first-order chi connectivity index (χ1) is 9.70. The Hall–Kier alpha value is -2.56. The maximum Gasteiger partial charge on any atom is 0.172 e. The Bertz CT molecular complexity index is 685. The Labute approximate surface area is 115 Å². The zero-order valence-corrected chi connectivity index (χ0v) is 10.8. The zero-order valence-electron chi connectivity index (χ0n) is 10.8. The average Bonchev–Trinajstić information content (AvgIpc) is 2.89. The smallest absolute Gasteiger partial charge is 0.172 e. The number of benzene rings is 2. The van der Waals surface area contributed by atoms with E-state index in [0.717, 1.165) is 29.9 Å². The van der Waals surface area contributed by atoms with Crippen molar-refractivity contribution in [2.45, 2.75) is 6.42 Å². The number of rotatable bonds is 2. The van der Waals surface area contributed by atoms with Gasteiger partial charge in [0.25, 0.3) is 0 Å². The number of nitrogens with zero attached hydrogens (tertiary/aromatic N) is 2. The number of nitrogens with two attached hydrogens (primary N) is 1. The quantitative estimate of drug-likeness (QED) is 0.382. The molecule has 0 aromatic heterocycles. The van der Waals surface area contributed by atoms with Gasteiger partial charge in [-0.25, -0.2) is 4.39 Å². The van der Waals surface area contributed by atoms with Crippen molar-refractivity contribution in [3.05, 3.63) is 59.4 Å². The minimum absolute atomic E-state index is 0.0467. The minimum atomic E-state index is -0.267. The highest BCUT2D eigenvalue weighted by atomic mass is 19.1. The van der Waals surface area contributed by atoms with E-state index in [4.69, 9.17) is 10.9 Å². The van der Waals surface area contributed by atoms with Crippen LogP contribution in [-0.4, -0.2) is 17.6 Å². The molecule has 3 N–H and O–H groups in total. The normalized spacial score (nSPS) is 14.4. The van der Waals surface area contributed by atoms with Gasteiger partial charge in [0.15, 0.2) is 5.84 Å². The molecule has 4 nitrogen and oxygen atoms in total. The predicted octanol–water partition coefficient (Wildman–Crippen LogP) is 2.61. The summed E-state index contributed by atoms with van der Waals surface area (Å²) in [7, 11) is 0. The van der Waals surface area contributed by atoms with Crippen molar-refractivity contribution in [2.75, 3.05) is 11.4 Å². The lowest BCUT2D eigenvalue weighted by Crippen LogP contribution is -2.21. The summed E-state index contributed by atoms with van der Waals surface area (Å²) < 4.78 is 13.5. The molecule has 0 aliphatic carbocycles. The van der Waals surface area contributed by atoms with Crippen LogP contribution in [0.5, 0.6) is 0 Å². The summed E-state index contributed by atoms with van der Waals surface area (Å²) in [6.45, 7) is 0.745. The second-order valence-electron chi connectivity index (χ2n) is 4.68. The van der Waals surface area contributed by atoms with Gasteiger partial charge >= 0.3 is 0 Å². The first kappa shape index (κ1) is 12.5. The summed E-state index contributed by atoms with van der Waals surface area (Å²) in [5.41, 5.74) is 9.09. The van der Waals surface area contributed by atoms with E-state index < -0.39 is 0 Å². The number of oxime groups is 1. The largest absolute Gasteiger partial charge is 0.409 e. The van der Waals surface area contributed by atoms with Gasteiger partial charge in [-0.2, -0.15) is 0 Å². The van der Waals surface area contributed by atoms with Crippen LogP contribution >= 0.6 is 0 Å². The molecule has 0 saturated carbocycles. The van der Waals surface area contributed by atoms with Gasteiger partial charge in [0.05, 0.1) is 5.69 Å². The Balaban J connectivity index is 2.11. The summed E-state index contributed by atoms with van der Waals surface area (Å²) in [5.74, 6) is -0.220. The Morgan fingerprint density at radius 3 is 2.80 bits per heavy atom. The lowest BCUT2D eigenvalue weighted by atomic mass is 10.1. The number of para-hydroxylation sites is 1. The van der Waals surface area contributed by atoms with Crippen molar-refractivity contribution in [1.82, 2.24) is 0 Å². The standard InChI is InChI=1S/C15H14FN3O/c16-11-6-5-10-7-8-19(14(10)9-11)13-4-2-1-3-12(13)15(17)18-20/h1-6,9,20H,7-8H2,(H2,17,18). The van der Waals surface area contributed by atoms with Crippen LogP contribution < -0.4 is 10.6 Å². The molecule has 0 spiro atoms. The molecule has 3 rings (SSSR count). The highest BCUT2D eigenvalue weighted by molar-refractivity contribution is 6.03. The van der Waals surface area contributed by atoms with Gasteiger partial charge in [-0.15, -0.1) is 0 Å². The van der Waals surface area contributed by atoms with Crippen LogP contribution in [0.15, 0.2) is 47.6 Å². The predicted molar refractivity (Wildman–Crippen MR) is 76.1 cm³/mol. The van der Waals surface area contributed by atoms with Gasteiger partial charge < -0.3 is 15.8 Å². The summed E-state index contributed by atoms with van der Waals surface area (Å²) in [6.07, 6.45) is 0.847. The number of hydrogen-bond donors (Lipinski definition) is 2. The molecule has 0 saturated heterocycles. The fraction of sp³-hybridized carbons (Fsp3) is 0.133. The molecule has 5 heteroatoms. The third kappa shape index (κ3) is 1.97. The Kier molecular flexibility index (Phi) is 3.02. The van der Waals surface area contributed by atoms with E-state index in [1.54, 1.807) is 12.1 Å². The van der Waals surface area contributed by atoms with Gasteiger partial charge in [0, 0.05) is 17.8 Å². The fourth-order valence-electron chi connectivity index (χ4n) is 2.58. The molecule has 20 heavy (non-hydrogen) atoms. The number of amidine groups is 1. The van der Waals surface area contributed by atoms with Crippen molar-refractivity contribution in [3.8, 4) is 0 Å². The molecule has 1 aliphatic rings. The molecule has 2 aromatic rings. The highest BCUT2D eigenvalue weighted by Crippen LogP contribution is 2.36. The number of anilines is 2. The van der Waals surface area contributed by atoms with Gasteiger partial charge in [-0.05, 0) is 36.2 Å². The molecule has 0 unspecified atom stereocenters. The minimum Gasteiger partial charge on any atom is -0.409 e. The van der Waals surface area contributed by atoms with E-state index in [1.807, 2.05) is 23.1 Å². The second kappa shape index (κ2) is 4.85. The molecule has 102 valence electrons. The van der Waals surface area contributed by atoms with Gasteiger partial charge in [-0.1, -0.05) is 23.4 Å². The maximum absolute atomic E-state index is 13.5. The van der Waals surface area contributed by atoms with Crippen LogP contribution in [-0.2, 0) is 6.42 Å². The van der Waals surface area contributed by atoms with Gasteiger partial charge in [0.2, 0.25) is 0 Å². The van der Waals surface area contributed by atoms with E-state index in [0.29, 0.717) is 5.56 Å². The lowest BCUT2D eigenvalue weighted by molar-refractivity contribution is 0.318. The summed E-state index contributed by atoms with van der Waals surface area (Å²) >= 11 is 0. The molecule has 1 aliphatic heterocycles. The van der Waals surface area contributed by atoms with Crippen LogP contribution in [0.2, 0.25) is 0 Å². The fourth-order valence-corrected chi connectivity index (χ4v) is 2.58. The third-order valence-corrected chi connectivity index (χ3v) is 3.52. The van der Waals surface area contributed by atoms with Crippen molar-refractivity contribution in [1.29, 1.82) is 0 Å². The third-order valence-electron chi connectivity index (χ3n) is 3.52. The molecule has 0 fully saturated rings. The number of hydrogen-bond acceptors (Lipinski definition) is 3. The van der Waals surface area contributed by atoms with Crippen LogP contribution in [0.25, 0.3) is 0 Å². The highest BCUT2D eigenvalue weighted by Gasteiger charge is 2.23. The van der Waals surface area contributed by atoms with E-state index in [1.165, 1.54) is 12.1 Å². The maximum atomic E-state index is 13.5. The molecule has 0 radical (unpaired) electrons. The van der Waals surface area contributed by atoms with Crippen LogP contribution in [0, 0.1) is 5.82 Å². The van der Waals surface area contributed by atoms with Crippen LogP contribution in [0.1, 0.15) is 11.1 Å². The van der Waals surface area contributed by atoms with Gasteiger partial charge in [0.1, 0.15) is 5.82 Å². The average molecular weight is 271 g/mol. The molecule has 0 amide bonds. The Morgan fingerprint density at radius 2 is 2.00 bits per heavy atom. The zero-order chi connectivity index (χ0) is 14.1. The van der Waals surface area contributed by atoms with Crippen LogP contribution in [0.4, 0.5) is 15.8 Å².